The molecule has 0 amide bonds. The fourth-order valence-corrected chi connectivity index (χ4v) is 0.788. The first-order valence-electron chi connectivity index (χ1n) is 3.13. The molecule has 9 heavy (non-hydrogen) atoms. The van der Waals surface area contributed by atoms with Crippen LogP contribution in [0.25, 0.3) is 0 Å². The average Bonchev–Trinajstić information content (AvgIpc) is 1.89. The molecule has 0 aliphatic heterocycles. The van der Waals surface area contributed by atoms with E-state index in [9.17, 15) is 0 Å². The molecule has 0 aliphatic rings. The molecule has 53 valence electrons. The molecule has 0 fully saturated rings. The monoisotopic (exact) mass is 201 g/mol. The zero-order valence-corrected chi connectivity index (χ0v) is 7.78. The third-order valence-electron chi connectivity index (χ3n) is 0.946. The topological polar surface area (TPSA) is 0 Å². The van der Waals surface area contributed by atoms with Gasteiger partial charge in [0.05, 0.1) is 0 Å². The summed E-state index contributed by atoms with van der Waals surface area (Å²) in [5.41, 5.74) is 0. The molecule has 0 aromatic rings. The Morgan fingerprint density at radius 2 is 2.11 bits per heavy atom. The van der Waals surface area contributed by atoms with Gasteiger partial charge >= 0.3 is 70.3 Å². The molecule has 0 nitrogen and oxygen atoms in total. The van der Waals surface area contributed by atoms with E-state index < -0.39 is 0 Å². The molecule has 0 rings (SSSR count). The van der Waals surface area contributed by atoms with E-state index in [1.807, 2.05) is 6.42 Å². The van der Waals surface area contributed by atoms with E-state index in [4.69, 9.17) is 0 Å². The van der Waals surface area contributed by atoms with Crippen LogP contribution in [0, 0.1) is 26.2 Å². The maximum atomic E-state index is 3.64. The first kappa shape index (κ1) is 9.61. The Kier molecular flexibility index (Phi) is 9.19. The van der Waals surface area contributed by atoms with Gasteiger partial charge in [-0.05, 0) is 0 Å². The fourth-order valence-electron chi connectivity index (χ4n) is 0.489. The summed E-state index contributed by atoms with van der Waals surface area (Å²) < 4.78 is 2.19. The summed E-state index contributed by atoms with van der Waals surface area (Å²) >= 11 is 1.76. The van der Waals surface area contributed by atoms with Gasteiger partial charge < -0.3 is 0 Å². The second-order valence-corrected chi connectivity index (χ2v) is 2.65. The van der Waals surface area contributed by atoms with Crippen LogP contribution in [0.15, 0.2) is 0 Å². The van der Waals surface area contributed by atoms with E-state index >= 15 is 0 Å². The van der Waals surface area contributed by atoms with Crippen molar-refractivity contribution < 1.29 is 20.6 Å². The molecule has 0 aliphatic carbocycles. The van der Waals surface area contributed by atoms with Gasteiger partial charge in [0.25, 0.3) is 0 Å². The zero-order chi connectivity index (χ0) is 6.95. The third kappa shape index (κ3) is 8.61. The predicted octanol–water partition coefficient (Wildman–Crippen LogP) is 1.95. The van der Waals surface area contributed by atoms with Crippen molar-refractivity contribution in [3.8, 4) is 0 Å². The van der Waals surface area contributed by atoms with Crippen LogP contribution in [0.4, 0.5) is 0 Å². The number of hydrogen-bond donors (Lipinski definition) is 0. The molecular weight excluding hydrogens is 189 g/mol. The van der Waals surface area contributed by atoms with Crippen molar-refractivity contribution >= 4 is 4.23 Å². The number of hydrogen-bond acceptors (Lipinski definition) is 0. The molecule has 0 spiro atoms. The van der Waals surface area contributed by atoms with Crippen LogP contribution in [-0.4, -0.2) is 4.23 Å². The molecule has 0 bridgehead atoms. The summed E-state index contributed by atoms with van der Waals surface area (Å²) in [6, 6.07) is 0. The van der Waals surface area contributed by atoms with Gasteiger partial charge in [0.15, 0.2) is 0 Å². The quantitative estimate of drug-likeness (QED) is 0.350. The predicted molar refractivity (Wildman–Crippen MR) is 38.2 cm³/mol. The van der Waals surface area contributed by atoms with Gasteiger partial charge in [-0.25, -0.2) is 0 Å². The Balaban J connectivity index is 2.66. The molecule has 0 saturated carbocycles. The summed E-state index contributed by atoms with van der Waals surface area (Å²) in [5.74, 6) is 0. The second kappa shape index (κ2) is 8.61. The van der Waals surface area contributed by atoms with Crippen LogP contribution in [0.1, 0.15) is 19.3 Å². The average molecular weight is 201 g/mol. The van der Waals surface area contributed by atoms with Crippen molar-refractivity contribution in [2.24, 2.45) is 0 Å². The van der Waals surface area contributed by atoms with Crippen LogP contribution in [0.2, 0.25) is 0 Å². The van der Waals surface area contributed by atoms with Gasteiger partial charge in [-0.3, -0.25) is 0 Å². The summed E-state index contributed by atoms with van der Waals surface area (Å²) in [7, 11) is 0. The zero-order valence-electron chi connectivity index (χ0n) is 5.59. The summed E-state index contributed by atoms with van der Waals surface area (Å²) in [6.45, 7) is 3.64. The van der Waals surface area contributed by atoms with E-state index in [0.717, 1.165) is 19.3 Å². The van der Waals surface area contributed by atoms with Crippen molar-refractivity contribution in [1.29, 1.82) is 0 Å². The normalized spacial score (nSPS) is 9.33. The standard InChI is InChI=1S/C8H12.Nb/c1-3-5-7-8-6-4-2;/h1,4-5,7H,2-3,6,8H2;/q-4;. The Labute approximate surface area is 70.4 Å². The van der Waals surface area contributed by atoms with Gasteiger partial charge in [-0.2, -0.15) is 0 Å². The Morgan fingerprint density at radius 3 is 2.67 bits per heavy atom. The van der Waals surface area contributed by atoms with Gasteiger partial charge in [0.2, 0.25) is 0 Å². The summed E-state index contributed by atoms with van der Waals surface area (Å²) in [6.07, 6.45) is 9.71. The van der Waals surface area contributed by atoms with Crippen molar-refractivity contribution in [2.75, 3.05) is 0 Å². The Hall–Kier alpha value is 0.610. The molecule has 0 saturated heterocycles. The maximum absolute atomic E-state index is 3.64. The van der Waals surface area contributed by atoms with E-state index in [2.05, 4.69) is 24.0 Å². The van der Waals surface area contributed by atoms with E-state index in [1.165, 1.54) is 0 Å². The van der Waals surface area contributed by atoms with Gasteiger partial charge in [0.1, 0.15) is 0 Å². The Morgan fingerprint density at radius 1 is 1.33 bits per heavy atom. The van der Waals surface area contributed by atoms with Crippen LogP contribution < -0.4 is 0 Å². The molecular formula is C8H12Nb-4. The van der Waals surface area contributed by atoms with Gasteiger partial charge in [-0.15, -0.1) is 0 Å². The molecule has 0 unspecified atom stereocenters. The van der Waals surface area contributed by atoms with Crippen LogP contribution >= 0.6 is 0 Å². The molecule has 1 heteroatoms. The van der Waals surface area contributed by atoms with Gasteiger partial charge in [0, 0.05) is 0 Å². The van der Waals surface area contributed by atoms with Crippen LogP contribution in [0.3, 0.4) is 0 Å². The van der Waals surface area contributed by atoms with Gasteiger partial charge in [-0.1, -0.05) is 0 Å². The third-order valence-corrected chi connectivity index (χ3v) is 1.46. The molecule has 0 aromatic heterocycles. The molecule has 0 radical (unpaired) electrons. The SMILES string of the molecule is [CH2-][CH-]CC[CH-][CH-]C[CH]=[Nb]. The molecule has 0 N–H and O–H groups in total. The first-order valence-corrected chi connectivity index (χ1v) is 4.40. The van der Waals surface area contributed by atoms with Crippen LogP contribution in [0.5, 0.6) is 0 Å². The Bertz CT molecular complexity index is 59.6. The van der Waals surface area contributed by atoms with E-state index in [-0.39, 0.29) is 0 Å². The molecule has 0 aromatic carbocycles. The molecule has 0 heterocycles. The van der Waals surface area contributed by atoms with Crippen molar-refractivity contribution in [2.45, 2.75) is 19.3 Å². The second-order valence-electron chi connectivity index (χ2n) is 1.76. The van der Waals surface area contributed by atoms with Crippen molar-refractivity contribution in [3.05, 3.63) is 26.2 Å². The number of unbranched alkanes of at least 4 members (excludes halogenated alkanes) is 5. The van der Waals surface area contributed by atoms with Crippen molar-refractivity contribution in [1.82, 2.24) is 0 Å². The van der Waals surface area contributed by atoms with E-state index in [1.54, 1.807) is 20.6 Å². The van der Waals surface area contributed by atoms with E-state index in [0.29, 0.717) is 0 Å². The minimum atomic E-state index is 1.10. The van der Waals surface area contributed by atoms with Crippen LogP contribution in [-0.2, 0) is 20.6 Å². The first-order chi connectivity index (χ1) is 4.41. The fraction of sp³-hybridized carbons (Fsp3) is 0.375. The van der Waals surface area contributed by atoms with Crippen molar-refractivity contribution in [3.63, 3.8) is 0 Å². The minimum absolute atomic E-state index is 1.10. The number of rotatable bonds is 6. The molecule has 0 atom stereocenters. The summed E-state index contributed by atoms with van der Waals surface area (Å²) in [5, 5.41) is 0. The summed E-state index contributed by atoms with van der Waals surface area (Å²) in [4.78, 5) is 0.